The first-order chi connectivity index (χ1) is 22.6. The average Bonchev–Trinajstić information content (AvgIpc) is 3.44. The van der Waals surface area contributed by atoms with Crippen molar-refractivity contribution in [3.63, 3.8) is 0 Å². The first-order valence-electron chi connectivity index (χ1n) is 16.0. The van der Waals surface area contributed by atoms with Gasteiger partial charge >= 0.3 is 6.18 Å². The second-order valence-corrected chi connectivity index (χ2v) is 13.5. The molecule has 4 rings (SSSR count). The van der Waals surface area contributed by atoms with E-state index in [4.69, 9.17) is 5.73 Å². The largest absolute Gasteiger partial charge is 0.443 e. The van der Waals surface area contributed by atoms with Crippen LogP contribution >= 0.6 is 11.3 Å². The van der Waals surface area contributed by atoms with E-state index in [1.807, 2.05) is 6.92 Å². The Kier molecular flexibility index (Phi) is 11.8. The number of alkyl halides is 3. The second kappa shape index (κ2) is 15.4. The summed E-state index contributed by atoms with van der Waals surface area (Å²) < 4.78 is 40.8. The van der Waals surface area contributed by atoms with Crippen molar-refractivity contribution in [3.8, 4) is 0 Å². The third-order valence-corrected chi connectivity index (χ3v) is 10.1. The fraction of sp³-hybridized carbons (Fsp3) is 0.562. The fourth-order valence-electron chi connectivity index (χ4n) is 6.19. The second-order valence-electron chi connectivity index (χ2n) is 12.5. The van der Waals surface area contributed by atoms with Crippen LogP contribution in [0.1, 0.15) is 79.7 Å². The van der Waals surface area contributed by atoms with Crippen LogP contribution in [0.3, 0.4) is 0 Å². The number of thiazole rings is 1. The molecule has 2 bridgehead atoms. The highest BCUT2D eigenvalue weighted by molar-refractivity contribution is 7.13. The van der Waals surface area contributed by atoms with Gasteiger partial charge in [-0.05, 0) is 75.5 Å². The van der Waals surface area contributed by atoms with Crippen molar-refractivity contribution in [1.82, 2.24) is 25.1 Å². The number of aromatic nitrogens is 2. The molecule has 2 aromatic rings. The molecule has 48 heavy (non-hydrogen) atoms. The van der Waals surface area contributed by atoms with Crippen LogP contribution in [0, 0.1) is 18.8 Å². The van der Waals surface area contributed by atoms with Gasteiger partial charge in [-0.15, -0.1) is 11.3 Å². The molecule has 2 fully saturated rings. The highest BCUT2D eigenvalue weighted by Gasteiger charge is 2.38. The van der Waals surface area contributed by atoms with Gasteiger partial charge in [0.15, 0.2) is 10.8 Å². The number of pyridine rings is 1. The Bertz CT molecular complexity index is 1630. The Morgan fingerprint density at radius 2 is 1.96 bits per heavy atom. The zero-order valence-corrected chi connectivity index (χ0v) is 28.2. The van der Waals surface area contributed by atoms with Gasteiger partial charge in [-0.2, -0.15) is 13.2 Å². The van der Waals surface area contributed by atoms with Crippen LogP contribution in [0.15, 0.2) is 34.4 Å². The third kappa shape index (κ3) is 8.89. The quantitative estimate of drug-likeness (QED) is 0.245. The van der Waals surface area contributed by atoms with Crippen molar-refractivity contribution in [3.05, 3.63) is 55.5 Å². The summed E-state index contributed by atoms with van der Waals surface area (Å²) in [4.78, 5) is 71.0. The number of carbonyl (C=O) groups excluding carboxylic acids is 4. The van der Waals surface area contributed by atoms with Crippen LogP contribution < -0.4 is 27.2 Å². The minimum absolute atomic E-state index is 0.0167. The lowest BCUT2D eigenvalue weighted by atomic mass is 9.82. The van der Waals surface area contributed by atoms with Crippen molar-refractivity contribution in [1.29, 1.82) is 0 Å². The Hall–Kier alpha value is -4.05. The van der Waals surface area contributed by atoms with E-state index in [0.717, 1.165) is 30.5 Å². The van der Waals surface area contributed by atoms with Crippen LogP contribution in [0.2, 0.25) is 0 Å². The number of nitrogens with two attached hydrogens (primary N) is 1. The highest BCUT2D eigenvalue weighted by Crippen LogP contribution is 2.34. The average molecular weight is 694 g/mol. The number of hydrogen-bond donors (Lipinski definition) is 4. The van der Waals surface area contributed by atoms with E-state index in [1.54, 1.807) is 6.92 Å². The predicted octanol–water partition coefficient (Wildman–Crippen LogP) is 3.56. The Morgan fingerprint density at radius 1 is 1.23 bits per heavy atom. The molecule has 2 saturated heterocycles. The van der Waals surface area contributed by atoms with Gasteiger partial charge in [0.25, 0.3) is 11.5 Å². The van der Waals surface area contributed by atoms with Gasteiger partial charge in [0.1, 0.15) is 23.2 Å². The molecule has 4 heterocycles. The van der Waals surface area contributed by atoms with E-state index in [9.17, 15) is 37.1 Å². The van der Waals surface area contributed by atoms with Crippen LogP contribution in [-0.2, 0) is 27.1 Å². The summed E-state index contributed by atoms with van der Waals surface area (Å²) >= 11 is 0.127. The molecule has 2 aliphatic heterocycles. The van der Waals surface area contributed by atoms with E-state index >= 15 is 0 Å². The summed E-state index contributed by atoms with van der Waals surface area (Å²) in [6.45, 7) is 8.35. The molecule has 5 atom stereocenters. The number of aryl methyl sites for hydroxylation is 1. The SMILES string of the molecule is CC/C(C)=C(/N)C(=O)CCC(NC(=O)c1sc(C(F)(F)F)nc1C)C(=O)Nc1cccn(CC(=O)NC2C(C)CC3CCCN2C3)c1=O. The highest BCUT2D eigenvalue weighted by atomic mass is 32.1. The molecule has 0 saturated carbocycles. The molecule has 3 amide bonds. The van der Waals surface area contributed by atoms with Gasteiger partial charge in [-0.3, -0.25) is 28.9 Å². The van der Waals surface area contributed by atoms with Crippen LogP contribution in [0.25, 0.3) is 0 Å². The molecule has 5 N–H and O–H groups in total. The van der Waals surface area contributed by atoms with Crippen molar-refractivity contribution in [2.75, 3.05) is 18.4 Å². The summed E-state index contributed by atoms with van der Waals surface area (Å²) in [6, 6.07) is 1.35. The molecule has 12 nitrogen and oxygen atoms in total. The molecule has 0 aromatic carbocycles. The first kappa shape index (κ1) is 36.8. The summed E-state index contributed by atoms with van der Waals surface area (Å²) in [7, 11) is 0. The van der Waals surface area contributed by atoms with Crippen molar-refractivity contribution in [2.24, 2.45) is 17.6 Å². The number of halogens is 3. The summed E-state index contributed by atoms with van der Waals surface area (Å²) in [5, 5.41) is 6.68. The van der Waals surface area contributed by atoms with E-state index in [-0.39, 0.29) is 70.7 Å². The Balaban J connectivity index is 1.49. The van der Waals surface area contributed by atoms with Crippen molar-refractivity contribution < 1.29 is 32.3 Å². The molecular formula is C32H42F3N7O5S. The standard InChI is InChI=1S/C32H42F3N7O5S/c1-5-17(2)25(36)23(43)11-10-21(38-29(46)26-19(4)37-31(48-26)32(33,34)35)28(45)39-22-9-7-13-42(30(22)47)16-24(44)40-27-18(3)14-20-8-6-12-41(27)15-20/h7,9,13,18,20-21,27H,5-6,8,10-12,14-16,36H2,1-4H3,(H,38,46)(H,39,45)(H,40,44)/b25-17+. The number of fused-ring (bicyclic) bond motifs is 2. The molecule has 16 heteroatoms. The predicted molar refractivity (Wildman–Crippen MR) is 174 cm³/mol. The number of piperidine rings is 2. The smallest absolute Gasteiger partial charge is 0.396 e. The van der Waals surface area contributed by atoms with E-state index in [1.165, 1.54) is 31.7 Å². The number of hydrogen-bond acceptors (Lipinski definition) is 9. The van der Waals surface area contributed by atoms with Crippen LogP contribution in [-0.4, -0.2) is 63.3 Å². The molecule has 2 aromatic heterocycles. The number of rotatable bonds is 12. The molecule has 0 spiro atoms. The lowest BCUT2D eigenvalue weighted by molar-refractivity contribution is -0.137. The molecular weight excluding hydrogens is 651 g/mol. The van der Waals surface area contributed by atoms with Gasteiger partial charge in [-0.1, -0.05) is 13.8 Å². The minimum atomic E-state index is -4.77. The summed E-state index contributed by atoms with van der Waals surface area (Å²) in [5.41, 5.74) is 5.52. The number of anilines is 1. The number of nitrogens with one attached hydrogen (secondary N) is 3. The molecule has 262 valence electrons. The first-order valence-corrected chi connectivity index (χ1v) is 16.8. The Labute approximate surface area is 280 Å². The molecule has 0 aliphatic carbocycles. The normalized spacial score (nSPS) is 21.9. The van der Waals surface area contributed by atoms with Crippen LogP contribution in [0.4, 0.5) is 18.9 Å². The van der Waals surface area contributed by atoms with Gasteiger partial charge in [0, 0.05) is 25.7 Å². The summed E-state index contributed by atoms with van der Waals surface area (Å²) in [5.74, 6) is -1.86. The Morgan fingerprint density at radius 3 is 2.62 bits per heavy atom. The maximum absolute atomic E-state index is 13.5. The number of amides is 3. The number of nitrogens with zero attached hydrogens (tertiary/aromatic N) is 3. The number of carbonyl (C=O) groups is 4. The monoisotopic (exact) mass is 693 g/mol. The fourth-order valence-corrected chi connectivity index (χ4v) is 7.03. The lowest BCUT2D eigenvalue weighted by Gasteiger charge is -2.47. The van der Waals surface area contributed by atoms with E-state index < -0.39 is 40.4 Å². The van der Waals surface area contributed by atoms with E-state index in [0.29, 0.717) is 17.9 Å². The maximum atomic E-state index is 13.5. The van der Waals surface area contributed by atoms with Gasteiger partial charge in [0.2, 0.25) is 11.8 Å². The zero-order valence-electron chi connectivity index (χ0n) is 27.4. The van der Waals surface area contributed by atoms with Crippen LogP contribution in [0.5, 0.6) is 0 Å². The lowest BCUT2D eigenvalue weighted by Crippen LogP contribution is -2.59. The summed E-state index contributed by atoms with van der Waals surface area (Å²) in [6.07, 6.45) is -0.253. The number of allylic oxidation sites excluding steroid dienone is 2. The minimum Gasteiger partial charge on any atom is -0.396 e. The number of ketones is 1. The number of Topliss-reactive ketones (excluding diaryl/α,β-unsaturated/α-hetero) is 1. The zero-order chi connectivity index (χ0) is 35.3. The topological polar surface area (TPSA) is 169 Å². The van der Waals surface area contributed by atoms with Crippen molar-refractivity contribution >= 4 is 40.5 Å². The van der Waals surface area contributed by atoms with E-state index in [2.05, 4.69) is 32.8 Å². The maximum Gasteiger partial charge on any atom is 0.443 e. The molecule has 2 aliphatic rings. The van der Waals surface area contributed by atoms with Gasteiger partial charge in [0.05, 0.1) is 17.6 Å². The third-order valence-electron chi connectivity index (χ3n) is 8.91. The molecule has 0 radical (unpaired) electrons. The molecule has 5 unspecified atom stereocenters. The van der Waals surface area contributed by atoms with Gasteiger partial charge in [-0.25, -0.2) is 4.98 Å². The van der Waals surface area contributed by atoms with Crippen molar-refractivity contribution in [2.45, 2.75) is 91.1 Å². The van der Waals surface area contributed by atoms with Gasteiger partial charge < -0.3 is 26.3 Å².